The van der Waals surface area contributed by atoms with Gasteiger partial charge in [0.2, 0.25) is 0 Å². The summed E-state index contributed by atoms with van der Waals surface area (Å²) in [5, 5.41) is 7.41. The first-order valence-electron chi connectivity index (χ1n) is 5.84. The van der Waals surface area contributed by atoms with Crippen LogP contribution in [-0.4, -0.2) is 7.05 Å². The number of aryl methyl sites for hydroxylation is 1. The highest BCUT2D eigenvalue weighted by Gasteiger charge is 2.14. The van der Waals surface area contributed by atoms with Gasteiger partial charge in [0.1, 0.15) is 5.82 Å². The fourth-order valence-corrected chi connectivity index (χ4v) is 3.02. The van der Waals surface area contributed by atoms with Crippen LogP contribution in [0.2, 0.25) is 0 Å². The second-order valence-electron chi connectivity index (χ2n) is 4.18. The van der Waals surface area contributed by atoms with Crippen molar-refractivity contribution in [3.8, 4) is 0 Å². The molecule has 1 aromatic heterocycles. The standard InChI is InChI=1S/C14H15BrFNS/c1-17-14(5-2-10-6-7-18-9-10)12-4-3-11(15)8-13(12)16/h3-4,6-9,14,17H,2,5H2,1H3. The number of thiophene rings is 1. The summed E-state index contributed by atoms with van der Waals surface area (Å²) in [5.41, 5.74) is 2.05. The summed E-state index contributed by atoms with van der Waals surface area (Å²) in [4.78, 5) is 0. The van der Waals surface area contributed by atoms with Gasteiger partial charge in [0.15, 0.2) is 0 Å². The number of hydrogen-bond acceptors (Lipinski definition) is 2. The zero-order valence-electron chi connectivity index (χ0n) is 10.1. The normalized spacial score (nSPS) is 12.6. The van der Waals surface area contributed by atoms with E-state index in [2.05, 4.69) is 38.1 Å². The average Bonchev–Trinajstić information content (AvgIpc) is 2.85. The van der Waals surface area contributed by atoms with E-state index in [1.165, 1.54) is 11.6 Å². The Morgan fingerprint density at radius 3 is 2.83 bits per heavy atom. The average molecular weight is 328 g/mol. The van der Waals surface area contributed by atoms with Crippen LogP contribution >= 0.6 is 27.3 Å². The molecule has 18 heavy (non-hydrogen) atoms. The largest absolute Gasteiger partial charge is 0.313 e. The lowest BCUT2D eigenvalue weighted by Crippen LogP contribution is -2.18. The summed E-state index contributed by atoms with van der Waals surface area (Å²) >= 11 is 4.98. The van der Waals surface area contributed by atoms with Crippen LogP contribution in [0.4, 0.5) is 4.39 Å². The minimum absolute atomic E-state index is 0.0537. The summed E-state index contributed by atoms with van der Waals surface area (Å²) in [6.07, 6.45) is 1.86. The molecular formula is C14H15BrFNS. The molecule has 1 nitrogen and oxygen atoms in total. The monoisotopic (exact) mass is 327 g/mol. The molecular weight excluding hydrogens is 313 g/mol. The number of hydrogen-bond donors (Lipinski definition) is 1. The van der Waals surface area contributed by atoms with Gasteiger partial charge in [-0.15, -0.1) is 0 Å². The van der Waals surface area contributed by atoms with Gasteiger partial charge in [-0.3, -0.25) is 0 Å². The highest BCUT2D eigenvalue weighted by molar-refractivity contribution is 9.10. The number of rotatable bonds is 5. The highest BCUT2D eigenvalue weighted by Crippen LogP contribution is 2.24. The molecule has 0 radical (unpaired) electrons. The smallest absolute Gasteiger partial charge is 0.129 e. The first kappa shape index (κ1) is 13.7. The predicted molar refractivity (Wildman–Crippen MR) is 78.5 cm³/mol. The lowest BCUT2D eigenvalue weighted by Gasteiger charge is -2.17. The third-order valence-electron chi connectivity index (χ3n) is 2.99. The van der Waals surface area contributed by atoms with Crippen molar-refractivity contribution in [3.63, 3.8) is 0 Å². The Hall–Kier alpha value is -0.710. The molecule has 0 amide bonds. The number of halogens is 2. The van der Waals surface area contributed by atoms with Crippen LogP contribution in [0, 0.1) is 5.82 Å². The highest BCUT2D eigenvalue weighted by atomic mass is 79.9. The fourth-order valence-electron chi connectivity index (χ4n) is 1.99. The Morgan fingerprint density at radius 1 is 1.39 bits per heavy atom. The molecule has 0 aliphatic carbocycles. The number of benzene rings is 1. The van der Waals surface area contributed by atoms with Gasteiger partial charge in [0.25, 0.3) is 0 Å². The molecule has 0 bridgehead atoms. The van der Waals surface area contributed by atoms with E-state index in [4.69, 9.17) is 0 Å². The Balaban J connectivity index is 2.08. The summed E-state index contributed by atoms with van der Waals surface area (Å²) in [7, 11) is 1.87. The topological polar surface area (TPSA) is 12.0 Å². The predicted octanol–water partition coefficient (Wildman–Crippen LogP) is 4.54. The van der Waals surface area contributed by atoms with Gasteiger partial charge >= 0.3 is 0 Å². The Kier molecular flexibility index (Phi) is 4.92. The van der Waals surface area contributed by atoms with Crippen LogP contribution in [0.5, 0.6) is 0 Å². The molecule has 1 N–H and O–H groups in total. The van der Waals surface area contributed by atoms with E-state index in [0.29, 0.717) is 0 Å². The zero-order valence-corrected chi connectivity index (χ0v) is 12.5. The molecule has 1 heterocycles. The summed E-state index contributed by atoms with van der Waals surface area (Å²) in [5.74, 6) is -0.158. The molecule has 2 aromatic rings. The fraction of sp³-hybridized carbons (Fsp3) is 0.286. The molecule has 4 heteroatoms. The van der Waals surface area contributed by atoms with Gasteiger partial charge in [-0.25, -0.2) is 4.39 Å². The van der Waals surface area contributed by atoms with Crippen LogP contribution in [0.25, 0.3) is 0 Å². The van der Waals surface area contributed by atoms with Crippen molar-refractivity contribution in [2.75, 3.05) is 7.05 Å². The van der Waals surface area contributed by atoms with Crippen LogP contribution in [0.3, 0.4) is 0 Å². The second kappa shape index (κ2) is 6.45. The third-order valence-corrected chi connectivity index (χ3v) is 4.21. The van der Waals surface area contributed by atoms with E-state index in [1.54, 1.807) is 11.3 Å². The minimum Gasteiger partial charge on any atom is -0.313 e. The summed E-state index contributed by atoms with van der Waals surface area (Å²) in [6, 6.07) is 7.42. The van der Waals surface area contributed by atoms with Crippen LogP contribution in [0.1, 0.15) is 23.6 Å². The van der Waals surface area contributed by atoms with Crippen LogP contribution < -0.4 is 5.32 Å². The summed E-state index contributed by atoms with van der Waals surface area (Å²) < 4.78 is 14.7. The van der Waals surface area contributed by atoms with E-state index in [9.17, 15) is 4.39 Å². The molecule has 0 aliphatic heterocycles. The Labute approximate surface area is 119 Å². The molecule has 0 fully saturated rings. The molecule has 0 saturated carbocycles. The molecule has 1 unspecified atom stereocenters. The van der Waals surface area contributed by atoms with Crippen molar-refractivity contribution in [3.05, 3.63) is 56.4 Å². The van der Waals surface area contributed by atoms with Crippen molar-refractivity contribution in [2.24, 2.45) is 0 Å². The van der Waals surface area contributed by atoms with Crippen LogP contribution in [0.15, 0.2) is 39.5 Å². The molecule has 2 rings (SSSR count). The van der Waals surface area contributed by atoms with Crippen molar-refractivity contribution >= 4 is 27.3 Å². The molecule has 0 saturated heterocycles. The van der Waals surface area contributed by atoms with Crippen LogP contribution in [-0.2, 0) is 6.42 Å². The van der Waals surface area contributed by atoms with Gasteiger partial charge in [0, 0.05) is 16.1 Å². The van der Waals surface area contributed by atoms with Crippen molar-refractivity contribution < 1.29 is 4.39 Å². The van der Waals surface area contributed by atoms with Crippen molar-refractivity contribution in [1.29, 1.82) is 0 Å². The first-order chi connectivity index (χ1) is 8.70. The van der Waals surface area contributed by atoms with Gasteiger partial charge < -0.3 is 5.32 Å². The molecule has 96 valence electrons. The van der Waals surface area contributed by atoms with E-state index >= 15 is 0 Å². The van der Waals surface area contributed by atoms with Crippen molar-refractivity contribution in [1.82, 2.24) is 5.32 Å². The molecule has 0 spiro atoms. The first-order valence-corrected chi connectivity index (χ1v) is 7.57. The zero-order chi connectivity index (χ0) is 13.0. The maximum atomic E-state index is 13.9. The maximum absolute atomic E-state index is 13.9. The van der Waals surface area contributed by atoms with Crippen molar-refractivity contribution in [2.45, 2.75) is 18.9 Å². The maximum Gasteiger partial charge on any atom is 0.129 e. The van der Waals surface area contributed by atoms with Gasteiger partial charge in [0.05, 0.1) is 0 Å². The Bertz CT molecular complexity index is 499. The lowest BCUT2D eigenvalue weighted by atomic mass is 10.00. The van der Waals surface area contributed by atoms with Gasteiger partial charge in [-0.2, -0.15) is 11.3 Å². The minimum atomic E-state index is -0.158. The summed E-state index contributed by atoms with van der Waals surface area (Å²) in [6.45, 7) is 0. The quantitative estimate of drug-likeness (QED) is 0.849. The van der Waals surface area contributed by atoms with E-state index < -0.39 is 0 Å². The lowest BCUT2D eigenvalue weighted by molar-refractivity contribution is 0.508. The molecule has 1 atom stereocenters. The molecule has 1 aromatic carbocycles. The number of nitrogens with one attached hydrogen (secondary N) is 1. The van der Waals surface area contributed by atoms with E-state index in [-0.39, 0.29) is 11.9 Å². The van der Waals surface area contributed by atoms with Gasteiger partial charge in [-0.05, 0) is 54.4 Å². The van der Waals surface area contributed by atoms with E-state index in [1.807, 2.05) is 19.2 Å². The second-order valence-corrected chi connectivity index (χ2v) is 5.87. The Morgan fingerprint density at radius 2 is 2.22 bits per heavy atom. The van der Waals surface area contributed by atoms with Gasteiger partial charge in [-0.1, -0.05) is 22.0 Å². The third kappa shape index (κ3) is 3.40. The SMILES string of the molecule is CNC(CCc1ccsc1)c1ccc(Br)cc1F. The molecule has 0 aliphatic rings. The van der Waals surface area contributed by atoms with E-state index in [0.717, 1.165) is 22.9 Å².